The minimum Gasteiger partial charge on any atom is -0.454 e. The Morgan fingerprint density at radius 1 is 1.08 bits per heavy atom. The number of rotatable bonds is 2. The van der Waals surface area contributed by atoms with E-state index in [2.05, 4.69) is 6.07 Å². The maximum Gasteiger partial charge on any atom is 0.256 e. The molecule has 5 heteroatoms. The maximum absolute atomic E-state index is 13.1. The van der Waals surface area contributed by atoms with Gasteiger partial charge in [-0.1, -0.05) is 42.5 Å². The summed E-state index contributed by atoms with van der Waals surface area (Å²) in [5.74, 6) is 1.26. The van der Waals surface area contributed by atoms with Gasteiger partial charge in [0.1, 0.15) is 6.04 Å². The van der Waals surface area contributed by atoms with Gasteiger partial charge in [-0.2, -0.15) is 5.26 Å². The number of amides is 1. The normalized spacial score (nSPS) is 17.4. The van der Waals surface area contributed by atoms with E-state index in [1.165, 1.54) is 0 Å². The van der Waals surface area contributed by atoms with E-state index in [-0.39, 0.29) is 12.7 Å². The predicted molar refractivity (Wildman–Crippen MR) is 94.7 cm³/mol. The summed E-state index contributed by atoms with van der Waals surface area (Å²) in [6, 6.07) is 18.9. The van der Waals surface area contributed by atoms with Crippen LogP contribution in [0.2, 0.25) is 0 Å². The van der Waals surface area contributed by atoms with Gasteiger partial charge in [-0.15, -0.1) is 0 Å². The van der Waals surface area contributed by atoms with E-state index in [0.717, 1.165) is 21.9 Å². The van der Waals surface area contributed by atoms with Crippen LogP contribution in [-0.2, 0) is 6.54 Å². The van der Waals surface area contributed by atoms with E-state index in [0.29, 0.717) is 23.6 Å². The van der Waals surface area contributed by atoms with Crippen molar-refractivity contribution in [3.63, 3.8) is 0 Å². The van der Waals surface area contributed by atoms with Crippen molar-refractivity contribution in [2.24, 2.45) is 0 Å². The van der Waals surface area contributed by atoms with Crippen molar-refractivity contribution in [1.29, 1.82) is 5.26 Å². The maximum atomic E-state index is 13.1. The second-order valence-electron chi connectivity index (χ2n) is 6.40. The molecule has 3 aromatic rings. The lowest BCUT2D eigenvalue weighted by Gasteiger charge is -2.20. The molecule has 2 aliphatic heterocycles. The topological polar surface area (TPSA) is 62.6 Å². The molecule has 1 amide bonds. The molecular weight excluding hydrogens is 328 g/mol. The van der Waals surface area contributed by atoms with Gasteiger partial charge in [0.05, 0.1) is 11.6 Å². The fourth-order valence-corrected chi connectivity index (χ4v) is 3.72. The molecule has 0 aromatic heterocycles. The first-order valence-corrected chi connectivity index (χ1v) is 8.37. The Morgan fingerprint density at radius 3 is 2.81 bits per heavy atom. The molecule has 2 aliphatic rings. The highest BCUT2D eigenvalue weighted by molar-refractivity contribution is 6.11. The summed E-state index contributed by atoms with van der Waals surface area (Å²) in [5, 5.41) is 11.6. The van der Waals surface area contributed by atoms with Crippen LogP contribution in [0.5, 0.6) is 11.5 Å². The third kappa shape index (κ3) is 2.06. The van der Waals surface area contributed by atoms with E-state index < -0.39 is 6.04 Å². The van der Waals surface area contributed by atoms with Gasteiger partial charge >= 0.3 is 0 Å². The van der Waals surface area contributed by atoms with E-state index in [4.69, 9.17) is 9.47 Å². The zero-order valence-corrected chi connectivity index (χ0v) is 13.8. The van der Waals surface area contributed by atoms with Gasteiger partial charge in [-0.3, -0.25) is 4.79 Å². The van der Waals surface area contributed by atoms with Gasteiger partial charge in [-0.05, 0) is 28.5 Å². The van der Waals surface area contributed by atoms with Gasteiger partial charge in [0.25, 0.3) is 5.91 Å². The molecule has 1 unspecified atom stereocenters. The molecule has 0 spiro atoms. The quantitative estimate of drug-likeness (QED) is 0.711. The first-order valence-electron chi connectivity index (χ1n) is 8.37. The number of nitrogens with zero attached hydrogens (tertiary/aromatic N) is 2. The van der Waals surface area contributed by atoms with Crippen LogP contribution in [-0.4, -0.2) is 17.6 Å². The highest BCUT2D eigenvalue weighted by Crippen LogP contribution is 2.39. The molecule has 0 fully saturated rings. The van der Waals surface area contributed by atoms with Crippen LogP contribution in [0.4, 0.5) is 0 Å². The number of ether oxygens (including phenoxy) is 2. The third-order valence-corrected chi connectivity index (χ3v) is 4.95. The number of carbonyl (C=O) groups excluding carboxylic acids is 1. The zero-order valence-electron chi connectivity index (χ0n) is 13.8. The second-order valence-corrected chi connectivity index (χ2v) is 6.40. The molecule has 0 saturated carbocycles. The summed E-state index contributed by atoms with van der Waals surface area (Å²) in [6.45, 7) is 0.552. The van der Waals surface area contributed by atoms with Crippen LogP contribution < -0.4 is 9.47 Å². The average molecular weight is 342 g/mol. The Balaban J connectivity index is 1.56. The largest absolute Gasteiger partial charge is 0.454 e. The van der Waals surface area contributed by atoms with Crippen molar-refractivity contribution < 1.29 is 14.3 Å². The van der Waals surface area contributed by atoms with E-state index >= 15 is 0 Å². The fourth-order valence-electron chi connectivity index (χ4n) is 3.72. The molecule has 5 rings (SSSR count). The van der Waals surface area contributed by atoms with Crippen molar-refractivity contribution in [1.82, 2.24) is 4.90 Å². The Morgan fingerprint density at radius 2 is 1.92 bits per heavy atom. The van der Waals surface area contributed by atoms with Crippen molar-refractivity contribution in [3.8, 4) is 17.6 Å². The Labute approximate surface area is 150 Å². The molecule has 0 aliphatic carbocycles. The van der Waals surface area contributed by atoms with Crippen molar-refractivity contribution in [2.75, 3.05) is 6.79 Å². The molecule has 5 nitrogen and oxygen atoms in total. The molecule has 0 N–H and O–H groups in total. The number of carbonyl (C=O) groups is 1. The standard InChI is InChI=1S/C21H14N2O3/c22-10-17-16-7-6-14-3-1-2-4-15(14)20(16)21(24)23(17)11-13-5-8-18-19(9-13)26-12-25-18/h1-9,17H,11-12H2. The average Bonchev–Trinajstić information content (AvgIpc) is 3.24. The van der Waals surface area contributed by atoms with E-state index in [1.807, 2.05) is 54.6 Å². The van der Waals surface area contributed by atoms with Crippen LogP contribution in [0, 0.1) is 11.3 Å². The van der Waals surface area contributed by atoms with Gasteiger partial charge in [0.2, 0.25) is 6.79 Å². The van der Waals surface area contributed by atoms with Crippen molar-refractivity contribution in [3.05, 3.63) is 71.3 Å². The van der Waals surface area contributed by atoms with E-state index in [9.17, 15) is 10.1 Å². The van der Waals surface area contributed by atoms with Crippen LogP contribution in [0.25, 0.3) is 10.8 Å². The minimum atomic E-state index is -0.590. The van der Waals surface area contributed by atoms with Gasteiger partial charge in [0, 0.05) is 12.1 Å². The first-order chi connectivity index (χ1) is 12.8. The van der Waals surface area contributed by atoms with Crippen molar-refractivity contribution in [2.45, 2.75) is 12.6 Å². The summed E-state index contributed by atoms with van der Waals surface area (Å²) in [7, 11) is 0. The molecule has 0 bridgehead atoms. The van der Waals surface area contributed by atoms with Crippen LogP contribution in [0.15, 0.2) is 54.6 Å². The highest BCUT2D eigenvalue weighted by atomic mass is 16.7. The second kappa shape index (κ2) is 5.50. The van der Waals surface area contributed by atoms with Gasteiger partial charge in [-0.25, -0.2) is 0 Å². The lowest BCUT2D eigenvalue weighted by molar-refractivity contribution is 0.0745. The molecule has 2 heterocycles. The molecule has 26 heavy (non-hydrogen) atoms. The summed E-state index contributed by atoms with van der Waals surface area (Å²) in [4.78, 5) is 14.8. The van der Waals surface area contributed by atoms with E-state index in [1.54, 1.807) is 4.90 Å². The summed E-state index contributed by atoms with van der Waals surface area (Å²) >= 11 is 0. The molecule has 3 aromatic carbocycles. The molecule has 1 atom stereocenters. The van der Waals surface area contributed by atoms with Crippen molar-refractivity contribution >= 4 is 16.7 Å². The molecule has 126 valence electrons. The monoisotopic (exact) mass is 342 g/mol. The Hall–Kier alpha value is -3.52. The van der Waals surface area contributed by atoms with Crippen LogP contribution in [0.1, 0.15) is 27.5 Å². The number of hydrogen-bond donors (Lipinski definition) is 0. The lowest BCUT2D eigenvalue weighted by Crippen LogP contribution is -2.26. The zero-order chi connectivity index (χ0) is 17.7. The highest BCUT2D eigenvalue weighted by Gasteiger charge is 2.38. The SMILES string of the molecule is N#CC1c2ccc3ccccc3c2C(=O)N1Cc1ccc2c(c1)OCO2. The van der Waals surface area contributed by atoms with Gasteiger partial charge < -0.3 is 14.4 Å². The smallest absolute Gasteiger partial charge is 0.256 e. The van der Waals surface area contributed by atoms with Crippen LogP contribution in [0.3, 0.4) is 0 Å². The fraction of sp³-hybridized carbons (Fsp3) is 0.143. The van der Waals surface area contributed by atoms with Crippen LogP contribution >= 0.6 is 0 Å². The summed E-state index contributed by atoms with van der Waals surface area (Å²) < 4.78 is 10.7. The molecule has 0 saturated heterocycles. The predicted octanol–water partition coefficient (Wildman–Crippen LogP) is 3.79. The third-order valence-electron chi connectivity index (χ3n) is 4.95. The molecule has 0 radical (unpaired) electrons. The first kappa shape index (κ1) is 14.8. The summed E-state index contributed by atoms with van der Waals surface area (Å²) in [6.07, 6.45) is 0. The summed E-state index contributed by atoms with van der Waals surface area (Å²) in [5.41, 5.74) is 2.31. The Kier molecular flexibility index (Phi) is 3.13. The minimum absolute atomic E-state index is 0.110. The molecular formula is C21H14N2O3. The van der Waals surface area contributed by atoms with Gasteiger partial charge in [0.15, 0.2) is 11.5 Å². The lowest BCUT2D eigenvalue weighted by atomic mass is 9.98. The number of fused-ring (bicyclic) bond motifs is 4. The Bertz CT molecular complexity index is 1100. The number of hydrogen-bond acceptors (Lipinski definition) is 4. The number of benzene rings is 3. The number of nitriles is 1.